The molecule has 0 aromatic carbocycles. The van der Waals surface area contributed by atoms with Gasteiger partial charge in [-0.25, -0.2) is 0 Å². The summed E-state index contributed by atoms with van der Waals surface area (Å²) in [5.41, 5.74) is 1.28. The van der Waals surface area contributed by atoms with Crippen LogP contribution in [0, 0.1) is 5.92 Å². The van der Waals surface area contributed by atoms with Gasteiger partial charge in [0.05, 0.1) is 25.0 Å². The molecular formula is C16H28N2O2. The van der Waals surface area contributed by atoms with E-state index in [0.717, 1.165) is 38.5 Å². The SMILES string of the molecule is CC(C)CNCc1ccoc1CN1CC(C)OC(C)C1. The maximum absolute atomic E-state index is 5.77. The Morgan fingerprint density at radius 1 is 1.30 bits per heavy atom. The molecule has 2 rings (SSSR count). The zero-order chi connectivity index (χ0) is 14.5. The molecule has 1 aromatic heterocycles. The van der Waals surface area contributed by atoms with Gasteiger partial charge in [-0.1, -0.05) is 13.8 Å². The summed E-state index contributed by atoms with van der Waals surface area (Å²) in [6, 6.07) is 2.08. The van der Waals surface area contributed by atoms with Crippen LogP contribution in [0.3, 0.4) is 0 Å². The second-order valence-electron chi connectivity index (χ2n) is 6.35. The van der Waals surface area contributed by atoms with Crippen molar-refractivity contribution in [2.24, 2.45) is 5.92 Å². The highest BCUT2D eigenvalue weighted by Gasteiger charge is 2.23. The number of hydrogen-bond donors (Lipinski definition) is 1. The molecule has 1 aliphatic heterocycles. The van der Waals surface area contributed by atoms with E-state index in [0.29, 0.717) is 18.1 Å². The number of hydrogen-bond acceptors (Lipinski definition) is 4. The number of morpholine rings is 1. The van der Waals surface area contributed by atoms with Crippen molar-refractivity contribution in [1.82, 2.24) is 10.2 Å². The molecule has 0 spiro atoms. The van der Waals surface area contributed by atoms with Gasteiger partial charge in [0.15, 0.2) is 0 Å². The van der Waals surface area contributed by atoms with E-state index in [1.807, 2.05) is 0 Å². The number of nitrogens with one attached hydrogen (secondary N) is 1. The van der Waals surface area contributed by atoms with Gasteiger partial charge in [0, 0.05) is 25.2 Å². The first-order valence-electron chi connectivity index (χ1n) is 7.68. The molecule has 2 heterocycles. The van der Waals surface area contributed by atoms with E-state index in [-0.39, 0.29) is 0 Å². The van der Waals surface area contributed by atoms with Crippen molar-refractivity contribution >= 4 is 0 Å². The molecule has 0 amide bonds. The molecule has 1 aromatic rings. The maximum atomic E-state index is 5.77. The minimum Gasteiger partial charge on any atom is -0.468 e. The molecule has 0 aliphatic carbocycles. The third-order valence-corrected chi connectivity index (χ3v) is 3.57. The summed E-state index contributed by atoms with van der Waals surface area (Å²) in [6.45, 7) is 13.5. The topological polar surface area (TPSA) is 37.6 Å². The van der Waals surface area contributed by atoms with Crippen molar-refractivity contribution in [1.29, 1.82) is 0 Å². The number of ether oxygens (including phenoxy) is 1. The highest BCUT2D eigenvalue weighted by atomic mass is 16.5. The first-order valence-corrected chi connectivity index (χ1v) is 7.68. The molecule has 0 saturated carbocycles. The molecule has 0 bridgehead atoms. The zero-order valence-corrected chi connectivity index (χ0v) is 13.2. The molecule has 2 unspecified atom stereocenters. The van der Waals surface area contributed by atoms with Crippen LogP contribution in [0.2, 0.25) is 0 Å². The standard InChI is InChI=1S/C16H28N2O2/c1-12(2)7-17-8-15-5-6-19-16(15)11-18-9-13(3)20-14(4)10-18/h5-6,12-14,17H,7-11H2,1-4H3. The Bertz CT molecular complexity index is 393. The molecular weight excluding hydrogens is 252 g/mol. The van der Waals surface area contributed by atoms with Gasteiger partial charge in [-0.3, -0.25) is 4.90 Å². The fourth-order valence-electron chi connectivity index (χ4n) is 2.78. The summed E-state index contributed by atoms with van der Waals surface area (Å²) in [7, 11) is 0. The lowest BCUT2D eigenvalue weighted by Crippen LogP contribution is -2.44. The van der Waals surface area contributed by atoms with Gasteiger partial charge < -0.3 is 14.5 Å². The summed E-state index contributed by atoms with van der Waals surface area (Å²) in [5.74, 6) is 1.76. The average Bonchev–Trinajstić information content (AvgIpc) is 2.75. The largest absolute Gasteiger partial charge is 0.468 e. The van der Waals surface area contributed by atoms with Gasteiger partial charge >= 0.3 is 0 Å². The van der Waals surface area contributed by atoms with E-state index in [1.54, 1.807) is 6.26 Å². The molecule has 0 radical (unpaired) electrons. The normalized spacial score (nSPS) is 24.4. The van der Waals surface area contributed by atoms with E-state index in [1.165, 1.54) is 5.56 Å². The lowest BCUT2D eigenvalue weighted by atomic mass is 10.2. The van der Waals surface area contributed by atoms with Crippen molar-refractivity contribution < 1.29 is 9.15 Å². The van der Waals surface area contributed by atoms with E-state index < -0.39 is 0 Å². The highest BCUT2D eigenvalue weighted by Crippen LogP contribution is 2.17. The van der Waals surface area contributed by atoms with Crippen LogP contribution in [0.25, 0.3) is 0 Å². The van der Waals surface area contributed by atoms with Gasteiger partial charge in [-0.05, 0) is 32.4 Å². The Hall–Kier alpha value is -0.840. The van der Waals surface area contributed by atoms with Crippen molar-refractivity contribution in [2.45, 2.75) is 53.0 Å². The van der Waals surface area contributed by atoms with Gasteiger partial charge in [0.25, 0.3) is 0 Å². The second-order valence-corrected chi connectivity index (χ2v) is 6.35. The van der Waals surface area contributed by atoms with Crippen molar-refractivity contribution in [3.8, 4) is 0 Å². The fraction of sp³-hybridized carbons (Fsp3) is 0.750. The van der Waals surface area contributed by atoms with Gasteiger partial charge in [-0.2, -0.15) is 0 Å². The third-order valence-electron chi connectivity index (χ3n) is 3.57. The van der Waals surface area contributed by atoms with Crippen molar-refractivity contribution in [3.63, 3.8) is 0 Å². The predicted octanol–water partition coefficient (Wildman–Crippen LogP) is 2.63. The smallest absolute Gasteiger partial charge is 0.122 e. The second kappa shape index (κ2) is 7.25. The molecule has 2 atom stereocenters. The molecule has 20 heavy (non-hydrogen) atoms. The first-order chi connectivity index (χ1) is 9.54. The van der Waals surface area contributed by atoms with Crippen LogP contribution in [0.1, 0.15) is 39.0 Å². The first kappa shape index (κ1) is 15.5. The van der Waals surface area contributed by atoms with Crippen LogP contribution in [0.5, 0.6) is 0 Å². The summed E-state index contributed by atoms with van der Waals surface area (Å²) >= 11 is 0. The minimum absolute atomic E-state index is 0.302. The molecule has 1 fully saturated rings. The number of rotatable bonds is 6. The maximum Gasteiger partial charge on any atom is 0.122 e. The summed E-state index contributed by atoms with van der Waals surface area (Å²) in [6.07, 6.45) is 2.40. The molecule has 1 N–H and O–H groups in total. The number of nitrogens with zero attached hydrogens (tertiary/aromatic N) is 1. The lowest BCUT2D eigenvalue weighted by molar-refractivity contribution is -0.0719. The van der Waals surface area contributed by atoms with Crippen LogP contribution in [0.4, 0.5) is 0 Å². The Morgan fingerprint density at radius 3 is 2.65 bits per heavy atom. The van der Waals surface area contributed by atoms with Crippen LogP contribution in [0.15, 0.2) is 16.7 Å². The van der Waals surface area contributed by atoms with E-state index in [2.05, 4.69) is 44.0 Å². The zero-order valence-electron chi connectivity index (χ0n) is 13.2. The third kappa shape index (κ3) is 4.62. The Morgan fingerprint density at radius 2 is 2.00 bits per heavy atom. The summed E-state index contributed by atoms with van der Waals surface area (Å²) < 4.78 is 11.4. The van der Waals surface area contributed by atoms with Crippen LogP contribution >= 0.6 is 0 Å². The highest BCUT2D eigenvalue weighted by molar-refractivity contribution is 5.17. The molecule has 4 heteroatoms. The molecule has 4 nitrogen and oxygen atoms in total. The molecule has 1 saturated heterocycles. The van der Waals surface area contributed by atoms with Crippen molar-refractivity contribution in [2.75, 3.05) is 19.6 Å². The van der Waals surface area contributed by atoms with Gasteiger partial charge in [0.1, 0.15) is 5.76 Å². The van der Waals surface area contributed by atoms with E-state index >= 15 is 0 Å². The Balaban J connectivity index is 1.88. The van der Waals surface area contributed by atoms with Gasteiger partial charge in [-0.15, -0.1) is 0 Å². The minimum atomic E-state index is 0.302. The summed E-state index contributed by atoms with van der Waals surface area (Å²) in [5, 5.41) is 3.48. The van der Waals surface area contributed by atoms with E-state index in [4.69, 9.17) is 9.15 Å². The van der Waals surface area contributed by atoms with Crippen molar-refractivity contribution in [3.05, 3.63) is 23.7 Å². The summed E-state index contributed by atoms with van der Waals surface area (Å²) in [4.78, 5) is 2.42. The predicted molar refractivity (Wildman–Crippen MR) is 80.5 cm³/mol. The number of furan rings is 1. The van der Waals surface area contributed by atoms with Crippen LogP contribution in [-0.2, 0) is 17.8 Å². The molecule has 114 valence electrons. The monoisotopic (exact) mass is 280 g/mol. The fourth-order valence-corrected chi connectivity index (χ4v) is 2.78. The lowest BCUT2D eigenvalue weighted by Gasteiger charge is -2.34. The Labute approximate surface area is 122 Å². The quantitative estimate of drug-likeness (QED) is 0.869. The molecule has 1 aliphatic rings. The van der Waals surface area contributed by atoms with Crippen LogP contribution in [-0.4, -0.2) is 36.7 Å². The Kier molecular flexibility index (Phi) is 5.64. The average molecular weight is 280 g/mol. The van der Waals surface area contributed by atoms with Gasteiger partial charge in [0.2, 0.25) is 0 Å². The van der Waals surface area contributed by atoms with E-state index in [9.17, 15) is 0 Å². The van der Waals surface area contributed by atoms with Crippen LogP contribution < -0.4 is 5.32 Å².